The summed E-state index contributed by atoms with van der Waals surface area (Å²) in [5.74, 6) is 0.754. The van der Waals surface area contributed by atoms with Gasteiger partial charge in [-0.3, -0.25) is 4.79 Å². The monoisotopic (exact) mass is 555 g/mol. The summed E-state index contributed by atoms with van der Waals surface area (Å²) >= 11 is 4.98. The van der Waals surface area contributed by atoms with E-state index in [1.807, 2.05) is 48.5 Å². The third-order valence-electron chi connectivity index (χ3n) is 6.05. The first-order valence-electron chi connectivity index (χ1n) is 11.4. The van der Waals surface area contributed by atoms with Gasteiger partial charge in [0, 0.05) is 5.56 Å². The Morgan fingerprint density at radius 3 is 2.23 bits per heavy atom. The summed E-state index contributed by atoms with van der Waals surface area (Å²) in [7, 11) is 0. The fourth-order valence-electron chi connectivity index (χ4n) is 4.25. The van der Waals surface area contributed by atoms with Crippen LogP contribution in [0.2, 0.25) is 0 Å². The number of thiophene rings is 1. The summed E-state index contributed by atoms with van der Waals surface area (Å²) in [5, 5.41) is 14.2. The number of aromatic nitrogens is 4. The molecule has 1 N–H and O–H groups in total. The van der Waals surface area contributed by atoms with E-state index in [1.165, 1.54) is 16.9 Å². The van der Waals surface area contributed by atoms with E-state index in [4.69, 9.17) is 4.74 Å². The molecule has 0 saturated carbocycles. The lowest BCUT2D eigenvalue weighted by Gasteiger charge is -2.12. The van der Waals surface area contributed by atoms with Gasteiger partial charge in [0.2, 0.25) is 0 Å². The molecule has 0 aliphatic carbocycles. The van der Waals surface area contributed by atoms with Crippen molar-refractivity contribution in [2.75, 3.05) is 5.32 Å². The minimum Gasteiger partial charge on any atom is -0.488 e. The number of ether oxygens (including phenoxy) is 1. The number of nitrogens with one attached hydrogen (secondary N) is 1. The lowest BCUT2D eigenvalue weighted by Crippen LogP contribution is -2.15. The Morgan fingerprint density at radius 2 is 1.60 bits per heavy atom. The minimum atomic E-state index is -0.149. The molecule has 0 aliphatic heterocycles. The minimum absolute atomic E-state index is 0.149. The lowest BCUT2D eigenvalue weighted by atomic mass is 10.1. The van der Waals surface area contributed by atoms with Gasteiger partial charge in [-0.05, 0) is 87.0 Å². The molecule has 1 amide bonds. The van der Waals surface area contributed by atoms with Crippen molar-refractivity contribution in [3.05, 3.63) is 78.0 Å². The largest absolute Gasteiger partial charge is 0.488 e. The molecular weight excluding hydrogens is 526 g/mol. The molecule has 0 saturated heterocycles. The normalized spacial score (nSPS) is 11.2. The molecule has 0 radical (unpaired) electrons. The van der Waals surface area contributed by atoms with Gasteiger partial charge in [-0.15, -0.1) is 11.3 Å². The Balaban J connectivity index is 1.45. The summed E-state index contributed by atoms with van der Waals surface area (Å²) in [6, 6.07) is 6.13. The number of rotatable bonds is 7. The van der Waals surface area contributed by atoms with Gasteiger partial charge in [0.1, 0.15) is 19.0 Å². The van der Waals surface area contributed by atoms with Crippen LogP contribution in [0, 0.1) is 48.5 Å². The highest BCUT2D eigenvalue weighted by Crippen LogP contribution is 2.27. The molecule has 4 aromatic rings. The van der Waals surface area contributed by atoms with Crippen LogP contribution in [-0.4, -0.2) is 25.5 Å². The number of halogens is 1. The molecule has 0 atom stereocenters. The molecule has 3 aromatic heterocycles. The second-order valence-corrected chi connectivity index (χ2v) is 10.7. The maximum Gasteiger partial charge on any atom is 0.265 e. The molecule has 184 valence electrons. The molecule has 0 unspecified atom stereocenters. The van der Waals surface area contributed by atoms with Gasteiger partial charge in [0.25, 0.3) is 5.91 Å². The highest BCUT2D eigenvalue weighted by Gasteiger charge is 2.18. The van der Waals surface area contributed by atoms with E-state index in [-0.39, 0.29) is 5.91 Å². The van der Waals surface area contributed by atoms with Crippen LogP contribution in [0.1, 0.15) is 54.7 Å². The summed E-state index contributed by atoms with van der Waals surface area (Å²) in [4.78, 5) is 13.7. The van der Waals surface area contributed by atoms with Gasteiger partial charge >= 0.3 is 0 Å². The van der Waals surface area contributed by atoms with E-state index in [1.54, 1.807) is 0 Å². The smallest absolute Gasteiger partial charge is 0.265 e. The first-order chi connectivity index (χ1) is 16.5. The first kappa shape index (κ1) is 25.2. The third kappa shape index (κ3) is 5.21. The Hall–Kier alpha value is -2.91. The molecule has 3 heterocycles. The van der Waals surface area contributed by atoms with Crippen LogP contribution in [0.3, 0.4) is 0 Å². The number of amides is 1. The number of carbonyl (C=O) groups excluding carboxylic acids is 1. The summed E-state index contributed by atoms with van der Waals surface area (Å²) in [5.41, 5.74) is 8.77. The molecule has 35 heavy (non-hydrogen) atoms. The van der Waals surface area contributed by atoms with Gasteiger partial charge < -0.3 is 10.1 Å². The van der Waals surface area contributed by atoms with Gasteiger partial charge in [0.15, 0.2) is 0 Å². The van der Waals surface area contributed by atoms with Crippen molar-refractivity contribution in [3.63, 3.8) is 0 Å². The predicted molar refractivity (Wildman–Crippen MR) is 144 cm³/mol. The number of benzene rings is 1. The Kier molecular flexibility index (Phi) is 7.19. The molecule has 0 bridgehead atoms. The number of carbonyl (C=O) groups is 1. The molecule has 0 fully saturated rings. The van der Waals surface area contributed by atoms with Gasteiger partial charge in [-0.25, -0.2) is 9.36 Å². The van der Waals surface area contributed by atoms with Gasteiger partial charge in [0.05, 0.1) is 37.8 Å². The molecular formula is C26H30BrN5O2S. The topological polar surface area (TPSA) is 74.0 Å². The van der Waals surface area contributed by atoms with Crippen LogP contribution in [0.5, 0.6) is 5.75 Å². The predicted octanol–water partition coefficient (Wildman–Crippen LogP) is 6.40. The second kappa shape index (κ2) is 9.99. The Labute approximate surface area is 218 Å². The van der Waals surface area contributed by atoms with Crippen LogP contribution in [-0.2, 0) is 13.3 Å². The number of nitrogens with zero attached hydrogens (tertiary/aromatic N) is 4. The van der Waals surface area contributed by atoms with E-state index < -0.39 is 0 Å². The molecule has 4 rings (SSSR count). The van der Waals surface area contributed by atoms with Crippen LogP contribution in [0.4, 0.5) is 5.69 Å². The summed E-state index contributed by atoms with van der Waals surface area (Å²) in [6.07, 6.45) is 0. The zero-order valence-corrected chi connectivity index (χ0v) is 23.5. The van der Waals surface area contributed by atoms with Crippen LogP contribution in [0.15, 0.2) is 28.1 Å². The first-order valence-corrected chi connectivity index (χ1v) is 13.0. The van der Waals surface area contributed by atoms with Crippen molar-refractivity contribution in [1.29, 1.82) is 0 Å². The molecule has 1 aromatic carbocycles. The van der Waals surface area contributed by atoms with E-state index in [0.717, 1.165) is 55.4 Å². The maximum atomic E-state index is 13.0. The van der Waals surface area contributed by atoms with E-state index in [2.05, 4.69) is 64.3 Å². The Morgan fingerprint density at radius 1 is 0.971 bits per heavy atom. The lowest BCUT2D eigenvalue weighted by molar-refractivity contribution is 0.103. The van der Waals surface area contributed by atoms with Crippen LogP contribution >= 0.6 is 27.3 Å². The maximum absolute atomic E-state index is 13.0. The molecule has 7 nitrogen and oxygen atoms in total. The van der Waals surface area contributed by atoms with E-state index >= 15 is 0 Å². The summed E-state index contributed by atoms with van der Waals surface area (Å²) < 4.78 is 10.8. The average Bonchev–Trinajstić information content (AvgIpc) is 3.43. The molecule has 0 aliphatic rings. The van der Waals surface area contributed by atoms with Crippen molar-refractivity contribution < 1.29 is 9.53 Å². The zero-order valence-electron chi connectivity index (χ0n) is 21.1. The van der Waals surface area contributed by atoms with Crippen molar-refractivity contribution >= 4 is 38.9 Å². The molecule has 0 spiro atoms. The zero-order chi connectivity index (χ0) is 25.4. The highest BCUT2D eigenvalue weighted by molar-refractivity contribution is 9.10. The van der Waals surface area contributed by atoms with Gasteiger partial charge in [-0.1, -0.05) is 17.7 Å². The summed E-state index contributed by atoms with van der Waals surface area (Å²) in [6.45, 7) is 14.9. The van der Waals surface area contributed by atoms with Crippen molar-refractivity contribution in [2.24, 2.45) is 0 Å². The third-order valence-corrected chi connectivity index (χ3v) is 8.17. The fraction of sp³-hybridized carbons (Fsp3) is 0.346. The number of aryl methyl sites for hydroxylation is 5. The standard InChI is InChI=1S/C26H30BrN5O2S/c1-14-8-15(2)25(16(3)9-14)34-11-21-10-22(35-12-21)26(33)28-24-18(5)30-32(20(24)7)13-31-19(6)23(27)17(4)29-31/h8-10,12H,11,13H2,1-7H3,(H,28,33). The van der Waals surface area contributed by atoms with Crippen LogP contribution in [0.25, 0.3) is 0 Å². The Bertz CT molecular complexity index is 1390. The average molecular weight is 557 g/mol. The fourth-order valence-corrected chi connectivity index (χ4v) is 5.33. The SMILES string of the molecule is Cc1cc(C)c(OCc2csc(C(=O)Nc3c(C)nn(Cn4nc(C)c(Br)c4C)c3C)c2)c(C)c1. The van der Waals surface area contributed by atoms with Gasteiger partial charge in [-0.2, -0.15) is 10.2 Å². The molecule has 9 heteroatoms. The van der Waals surface area contributed by atoms with E-state index in [9.17, 15) is 4.79 Å². The van der Waals surface area contributed by atoms with Crippen molar-refractivity contribution in [3.8, 4) is 5.75 Å². The quantitative estimate of drug-likeness (QED) is 0.286. The number of hydrogen-bond donors (Lipinski definition) is 1. The van der Waals surface area contributed by atoms with Crippen LogP contribution < -0.4 is 10.1 Å². The number of hydrogen-bond acceptors (Lipinski definition) is 5. The highest BCUT2D eigenvalue weighted by atomic mass is 79.9. The van der Waals surface area contributed by atoms with Crippen molar-refractivity contribution in [2.45, 2.75) is 61.7 Å². The van der Waals surface area contributed by atoms with E-state index in [0.29, 0.717) is 18.2 Å². The second-order valence-electron chi connectivity index (χ2n) is 8.96. The van der Waals surface area contributed by atoms with Crippen molar-refractivity contribution in [1.82, 2.24) is 19.6 Å². The number of anilines is 1.